The topological polar surface area (TPSA) is 87.7 Å². The molecule has 1 aromatic rings. The molecule has 176 valence electrons. The van der Waals surface area contributed by atoms with Crippen LogP contribution in [0.1, 0.15) is 32.8 Å². The fourth-order valence-corrected chi connectivity index (χ4v) is 4.87. The summed E-state index contributed by atoms with van der Waals surface area (Å²) in [7, 11) is 0. The minimum atomic E-state index is -1.04. The standard InChI is InChI=1S/C23H25ClFN3O4S/c1-23(2,3)32-22(31)27-28-11-33-20-15(21(30)26-17-10-16(17)25)9-13(19(29)18(20)28)8-12-4-6-14(24)7-5-12/h4-7,9,13,16-17H,8,10-11H2,1-3H3,(H,26,30)(H,27,31)/t13?,16-,17+/m0/s1. The number of rotatable bonds is 5. The Labute approximate surface area is 200 Å². The van der Waals surface area contributed by atoms with Gasteiger partial charge in [-0.2, -0.15) is 0 Å². The number of nitrogens with zero attached hydrogens (tertiary/aromatic N) is 1. The first-order chi connectivity index (χ1) is 15.5. The zero-order valence-electron chi connectivity index (χ0n) is 18.5. The summed E-state index contributed by atoms with van der Waals surface area (Å²) in [5.74, 6) is -1.03. The molecule has 10 heteroatoms. The van der Waals surface area contributed by atoms with Crippen LogP contribution in [-0.2, 0) is 20.7 Å². The van der Waals surface area contributed by atoms with E-state index in [1.54, 1.807) is 39.0 Å². The Hall–Kier alpha value is -2.52. The van der Waals surface area contributed by atoms with Crippen molar-refractivity contribution in [3.63, 3.8) is 0 Å². The Balaban J connectivity index is 1.61. The van der Waals surface area contributed by atoms with E-state index in [0.29, 0.717) is 21.9 Å². The average molecular weight is 494 g/mol. The van der Waals surface area contributed by atoms with Crippen molar-refractivity contribution in [2.45, 2.75) is 51.4 Å². The van der Waals surface area contributed by atoms with E-state index in [9.17, 15) is 18.8 Å². The monoisotopic (exact) mass is 493 g/mol. The smallest absolute Gasteiger partial charge is 0.426 e. The zero-order chi connectivity index (χ0) is 23.9. The van der Waals surface area contributed by atoms with Gasteiger partial charge in [-0.05, 0) is 44.9 Å². The molecule has 1 aliphatic heterocycles. The van der Waals surface area contributed by atoms with Crippen LogP contribution in [0.25, 0.3) is 0 Å². The summed E-state index contributed by atoms with van der Waals surface area (Å²) in [4.78, 5) is 39.2. The van der Waals surface area contributed by atoms with Gasteiger partial charge in [0.1, 0.15) is 17.5 Å². The van der Waals surface area contributed by atoms with Gasteiger partial charge in [0.05, 0.1) is 22.4 Å². The molecule has 2 amide bonds. The number of nitrogens with one attached hydrogen (secondary N) is 2. The van der Waals surface area contributed by atoms with E-state index >= 15 is 0 Å². The second kappa shape index (κ2) is 9.02. The summed E-state index contributed by atoms with van der Waals surface area (Å²) in [6.45, 7) is 5.22. The van der Waals surface area contributed by atoms with Gasteiger partial charge >= 0.3 is 6.09 Å². The minimum Gasteiger partial charge on any atom is -0.443 e. The number of benzene rings is 1. The lowest BCUT2D eigenvalue weighted by atomic mass is 9.86. The van der Waals surface area contributed by atoms with E-state index in [4.69, 9.17) is 16.3 Å². The number of amides is 2. The largest absolute Gasteiger partial charge is 0.443 e. The van der Waals surface area contributed by atoms with E-state index in [1.165, 1.54) is 16.8 Å². The van der Waals surface area contributed by atoms with Crippen molar-refractivity contribution < 1.29 is 23.5 Å². The molecule has 0 bridgehead atoms. The van der Waals surface area contributed by atoms with Crippen LogP contribution >= 0.6 is 23.4 Å². The highest BCUT2D eigenvalue weighted by molar-refractivity contribution is 8.03. The second-order valence-electron chi connectivity index (χ2n) is 9.21. The third kappa shape index (κ3) is 5.52. The molecule has 1 saturated carbocycles. The highest BCUT2D eigenvalue weighted by Crippen LogP contribution is 2.42. The van der Waals surface area contributed by atoms with Gasteiger partial charge in [0.15, 0.2) is 5.78 Å². The van der Waals surface area contributed by atoms with Gasteiger partial charge in [0.25, 0.3) is 5.91 Å². The van der Waals surface area contributed by atoms with E-state index in [-0.39, 0.29) is 23.8 Å². The molecule has 33 heavy (non-hydrogen) atoms. The van der Waals surface area contributed by atoms with Gasteiger partial charge in [-0.1, -0.05) is 41.6 Å². The van der Waals surface area contributed by atoms with Crippen LogP contribution in [0.5, 0.6) is 0 Å². The summed E-state index contributed by atoms with van der Waals surface area (Å²) < 4.78 is 18.7. The van der Waals surface area contributed by atoms with Gasteiger partial charge in [0, 0.05) is 17.4 Å². The molecular formula is C23H25ClFN3O4S. The number of hydrogen-bond donors (Lipinski definition) is 2. The molecule has 1 aromatic carbocycles. The lowest BCUT2D eigenvalue weighted by Gasteiger charge is -2.28. The molecule has 0 radical (unpaired) electrons. The number of ketones is 1. The summed E-state index contributed by atoms with van der Waals surface area (Å²) in [6, 6.07) is 6.62. The maximum absolute atomic E-state index is 13.4. The first-order valence-corrected chi connectivity index (χ1v) is 12.0. The van der Waals surface area contributed by atoms with Crippen molar-refractivity contribution in [1.82, 2.24) is 15.8 Å². The Kier molecular flexibility index (Phi) is 6.46. The first-order valence-electron chi connectivity index (χ1n) is 10.6. The molecule has 2 N–H and O–H groups in total. The first kappa shape index (κ1) is 23.6. The summed E-state index contributed by atoms with van der Waals surface area (Å²) in [5.41, 5.74) is 3.34. The number of Topliss-reactive ketones (excluding diaryl/α,β-unsaturated/α-hetero) is 1. The molecule has 0 aromatic heterocycles. The maximum Gasteiger partial charge on any atom is 0.426 e. The fourth-order valence-electron chi connectivity index (χ4n) is 3.63. The highest BCUT2D eigenvalue weighted by atomic mass is 35.5. The number of carbonyl (C=O) groups excluding carboxylic acids is 3. The fraction of sp³-hybridized carbons (Fsp3) is 0.435. The summed E-state index contributed by atoms with van der Waals surface area (Å²) in [6.07, 6.45) is 0.545. The number of carbonyl (C=O) groups is 3. The van der Waals surface area contributed by atoms with Crippen LogP contribution in [0.15, 0.2) is 46.5 Å². The Bertz CT molecular complexity index is 1050. The quantitative estimate of drug-likeness (QED) is 0.647. The van der Waals surface area contributed by atoms with Crippen molar-refractivity contribution >= 4 is 41.1 Å². The van der Waals surface area contributed by atoms with Gasteiger partial charge in [-0.3, -0.25) is 14.6 Å². The van der Waals surface area contributed by atoms with Gasteiger partial charge in [0.2, 0.25) is 0 Å². The van der Waals surface area contributed by atoms with Crippen LogP contribution in [0, 0.1) is 5.92 Å². The molecule has 0 spiro atoms. The highest BCUT2D eigenvalue weighted by Gasteiger charge is 2.43. The summed E-state index contributed by atoms with van der Waals surface area (Å²) >= 11 is 7.24. The Morgan fingerprint density at radius 2 is 1.94 bits per heavy atom. The van der Waals surface area contributed by atoms with Crippen LogP contribution in [0.2, 0.25) is 5.02 Å². The Morgan fingerprint density at radius 1 is 1.27 bits per heavy atom. The molecule has 4 rings (SSSR count). The zero-order valence-corrected chi connectivity index (χ0v) is 20.1. The predicted molar refractivity (Wildman–Crippen MR) is 124 cm³/mol. The van der Waals surface area contributed by atoms with Gasteiger partial charge in [-0.25, -0.2) is 14.6 Å². The molecule has 2 aliphatic carbocycles. The number of ether oxygens (including phenoxy) is 1. The Morgan fingerprint density at radius 3 is 2.55 bits per heavy atom. The van der Waals surface area contributed by atoms with Crippen LogP contribution in [-0.4, -0.2) is 46.5 Å². The number of halogens is 2. The lowest BCUT2D eigenvalue weighted by molar-refractivity contribution is -0.119. The van der Waals surface area contributed by atoms with Gasteiger partial charge in [-0.15, -0.1) is 0 Å². The third-order valence-corrected chi connectivity index (χ3v) is 6.61. The molecule has 1 heterocycles. The molecular weight excluding hydrogens is 469 g/mol. The molecule has 1 fully saturated rings. The van der Waals surface area contributed by atoms with E-state index < -0.39 is 35.7 Å². The summed E-state index contributed by atoms with van der Waals surface area (Å²) in [5, 5.41) is 4.69. The normalized spacial score (nSPS) is 24.3. The van der Waals surface area contributed by atoms with Crippen molar-refractivity contribution in [2.75, 3.05) is 5.88 Å². The minimum absolute atomic E-state index is 0.215. The van der Waals surface area contributed by atoms with Crippen LogP contribution < -0.4 is 10.7 Å². The van der Waals surface area contributed by atoms with Crippen molar-refractivity contribution in [3.8, 4) is 0 Å². The van der Waals surface area contributed by atoms with Gasteiger partial charge < -0.3 is 10.1 Å². The molecule has 3 aliphatic rings. The van der Waals surface area contributed by atoms with Crippen molar-refractivity contribution in [1.29, 1.82) is 0 Å². The van der Waals surface area contributed by atoms with Crippen molar-refractivity contribution in [2.24, 2.45) is 5.92 Å². The van der Waals surface area contributed by atoms with E-state index in [0.717, 1.165) is 5.56 Å². The SMILES string of the molecule is CC(C)(C)OC(=O)NN1CSC2=C1C(=O)C(Cc1ccc(Cl)cc1)C=C2C(=O)N[C@@H]1C[C@@H]1F. The molecule has 3 atom stereocenters. The number of allylic oxidation sites excluding steroid dienone is 2. The predicted octanol–water partition coefficient (Wildman–Crippen LogP) is 3.89. The second-order valence-corrected chi connectivity index (χ2v) is 10.6. The number of hydrogen-bond acceptors (Lipinski definition) is 6. The number of hydrazine groups is 1. The number of thioether (sulfide) groups is 1. The van der Waals surface area contributed by atoms with Crippen LogP contribution in [0.3, 0.4) is 0 Å². The molecule has 1 unspecified atom stereocenters. The molecule has 7 nitrogen and oxygen atoms in total. The third-order valence-electron chi connectivity index (χ3n) is 5.27. The lowest BCUT2D eigenvalue weighted by Crippen LogP contribution is -2.45. The average Bonchev–Trinajstić information content (AvgIpc) is 3.24. The molecule has 0 saturated heterocycles. The van der Waals surface area contributed by atoms with E-state index in [1.807, 2.05) is 12.1 Å². The maximum atomic E-state index is 13.4. The van der Waals surface area contributed by atoms with E-state index in [2.05, 4.69) is 10.7 Å². The number of alkyl halides is 1. The van der Waals surface area contributed by atoms with Crippen molar-refractivity contribution in [3.05, 3.63) is 57.1 Å². The van der Waals surface area contributed by atoms with Crippen LogP contribution in [0.4, 0.5) is 9.18 Å².